The minimum absolute atomic E-state index is 0.0629. The maximum Gasteiger partial charge on any atom is 0.239 e. The summed E-state index contributed by atoms with van der Waals surface area (Å²) < 4.78 is 9.52. The first-order valence-electron chi connectivity index (χ1n) is 8.75. The van der Waals surface area contributed by atoms with E-state index in [2.05, 4.69) is 27.8 Å². The minimum Gasteiger partial charge on any atom is -0.372 e. The lowest BCUT2D eigenvalue weighted by Crippen LogP contribution is -2.38. The van der Waals surface area contributed by atoms with Gasteiger partial charge in [0.05, 0.1) is 18.9 Å². The van der Waals surface area contributed by atoms with Crippen molar-refractivity contribution in [3.63, 3.8) is 0 Å². The molecule has 2 aromatic rings. The van der Waals surface area contributed by atoms with E-state index in [1.807, 2.05) is 30.9 Å². The van der Waals surface area contributed by atoms with Crippen molar-refractivity contribution in [1.82, 2.24) is 24.9 Å². The molecule has 0 unspecified atom stereocenters. The van der Waals surface area contributed by atoms with Crippen molar-refractivity contribution >= 4 is 11.7 Å². The van der Waals surface area contributed by atoms with Crippen LogP contribution in [0.5, 0.6) is 0 Å². The van der Waals surface area contributed by atoms with Crippen LogP contribution in [-0.2, 0) is 23.1 Å². The minimum atomic E-state index is -0.0774. The van der Waals surface area contributed by atoms with Crippen molar-refractivity contribution < 1.29 is 9.53 Å². The van der Waals surface area contributed by atoms with E-state index >= 15 is 0 Å². The van der Waals surface area contributed by atoms with Gasteiger partial charge in [0, 0.05) is 43.6 Å². The Labute approximate surface area is 147 Å². The molecule has 0 aromatic carbocycles. The van der Waals surface area contributed by atoms with Crippen LogP contribution in [0.3, 0.4) is 0 Å². The van der Waals surface area contributed by atoms with E-state index in [9.17, 15) is 4.79 Å². The highest BCUT2D eigenvalue weighted by Crippen LogP contribution is 2.30. The third-order valence-electron chi connectivity index (χ3n) is 4.62. The number of nitrogens with one attached hydrogen (secondary N) is 2. The molecule has 1 aliphatic rings. The monoisotopic (exact) mass is 346 g/mol. The van der Waals surface area contributed by atoms with Crippen LogP contribution in [0, 0.1) is 6.92 Å². The summed E-state index contributed by atoms with van der Waals surface area (Å²) in [6, 6.07) is 1.92. The lowest BCUT2D eigenvalue weighted by molar-refractivity contribution is -0.115. The van der Waals surface area contributed by atoms with Gasteiger partial charge in [0.15, 0.2) is 0 Å². The van der Waals surface area contributed by atoms with Gasteiger partial charge in [0.25, 0.3) is 0 Å². The number of anilines is 1. The predicted molar refractivity (Wildman–Crippen MR) is 94.2 cm³/mol. The quantitative estimate of drug-likeness (QED) is 0.791. The molecule has 0 spiro atoms. The Morgan fingerprint density at radius 3 is 3.00 bits per heavy atom. The van der Waals surface area contributed by atoms with Crippen molar-refractivity contribution in [1.29, 1.82) is 0 Å². The second kappa shape index (κ2) is 7.79. The van der Waals surface area contributed by atoms with E-state index in [4.69, 9.17) is 4.74 Å². The van der Waals surface area contributed by atoms with Crippen LogP contribution < -0.4 is 10.6 Å². The first-order chi connectivity index (χ1) is 12.1. The number of hydrogen-bond donors (Lipinski definition) is 2. The van der Waals surface area contributed by atoms with E-state index in [-0.39, 0.29) is 24.6 Å². The van der Waals surface area contributed by atoms with E-state index in [0.717, 1.165) is 36.5 Å². The van der Waals surface area contributed by atoms with Crippen LogP contribution in [0.1, 0.15) is 37.1 Å². The van der Waals surface area contributed by atoms with Crippen LogP contribution in [0.25, 0.3) is 0 Å². The van der Waals surface area contributed by atoms with Crippen molar-refractivity contribution in [3.05, 3.63) is 29.7 Å². The lowest BCUT2D eigenvalue weighted by atomic mass is 10.0. The van der Waals surface area contributed by atoms with Crippen LogP contribution in [-0.4, -0.2) is 44.7 Å². The number of aryl methyl sites for hydroxylation is 2. The maximum atomic E-state index is 12.3. The van der Waals surface area contributed by atoms with Crippen molar-refractivity contribution in [2.75, 3.05) is 18.5 Å². The summed E-state index contributed by atoms with van der Waals surface area (Å²) in [7, 11) is 1.92. The predicted octanol–water partition coefficient (Wildman–Crippen LogP) is 1.39. The average molecular weight is 346 g/mol. The van der Waals surface area contributed by atoms with E-state index in [1.54, 1.807) is 10.9 Å². The van der Waals surface area contributed by atoms with Gasteiger partial charge in [-0.3, -0.25) is 9.48 Å². The number of hydrogen-bond acceptors (Lipinski definition) is 5. The fourth-order valence-corrected chi connectivity index (χ4v) is 3.14. The maximum absolute atomic E-state index is 12.3. The van der Waals surface area contributed by atoms with Crippen molar-refractivity contribution in [2.45, 2.75) is 45.4 Å². The third-order valence-corrected chi connectivity index (χ3v) is 4.62. The molecule has 1 aliphatic heterocycles. The van der Waals surface area contributed by atoms with Gasteiger partial charge in [-0.25, -0.2) is 4.68 Å². The Kier molecular flexibility index (Phi) is 5.50. The smallest absolute Gasteiger partial charge is 0.239 e. The largest absolute Gasteiger partial charge is 0.372 e. The zero-order chi connectivity index (χ0) is 17.8. The van der Waals surface area contributed by atoms with Gasteiger partial charge < -0.3 is 15.4 Å². The number of aromatic nitrogens is 4. The van der Waals surface area contributed by atoms with Gasteiger partial charge in [0.1, 0.15) is 11.9 Å². The third kappa shape index (κ3) is 3.91. The molecule has 25 heavy (non-hydrogen) atoms. The molecule has 8 nitrogen and oxygen atoms in total. The summed E-state index contributed by atoms with van der Waals surface area (Å²) in [4.78, 5) is 12.3. The Morgan fingerprint density at radius 2 is 2.28 bits per heavy atom. The molecule has 8 heteroatoms. The van der Waals surface area contributed by atoms with Crippen LogP contribution >= 0.6 is 0 Å². The molecule has 0 bridgehead atoms. The van der Waals surface area contributed by atoms with Crippen LogP contribution in [0.15, 0.2) is 18.5 Å². The summed E-state index contributed by atoms with van der Waals surface area (Å²) >= 11 is 0. The van der Waals surface area contributed by atoms with Gasteiger partial charge in [-0.15, -0.1) is 0 Å². The molecule has 1 amide bonds. The fraction of sp³-hybridized carbons (Fsp3) is 0.588. The Balaban J connectivity index is 1.56. The number of carbonyl (C=O) groups excluding carboxylic acids is 1. The van der Waals surface area contributed by atoms with Gasteiger partial charge >= 0.3 is 0 Å². The Morgan fingerprint density at radius 1 is 1.44 bits per heavy atom. The second-order valence-electron chi connectivity index (χ2n) is 6.36. The van der Waals surface area contributed by atoms with Gasteiger partial charge in [-0.1, -0.05) is 6.92 Å². The average Bonchev–Trinajstić information content (AvgIpc) is 3.29. The molecule has 2 aromatic heterocycles. The summed E-state index contributed by atoms with van der Waals surface area (Å²) in [6.07, 6.45) is 5.33. The van der Waals surface area contributed by atoms with Crippen LogP contribution in [0.2, 0.25) is 0 Å². The number of rotatable bonds is 7. The second-order valence-corrected chi connectivity index (χ2v) is 6.36. The molecule has 0 aliphatic carbocycles. The topological polar surface area (TPSA) is 86.0 Å². The van der Waals surface area contributed by atoms with Crippen LogP contribution in [0.4, 0.5) is 5.82 Å². The summed E-state index contributed by atoms with van der Waals surface area (Å²) in [5, 5.41) is 14.7. The molecule has 2 atom stereocenters. The molecule has 2 N–H and O–H groups in total. The molecular weight excluding hydrogens is 320 g/mol. The fourth-order valence-electron chi connectivity index (χ4n) is 3.14. The summed E-state index contributed by atoms with van der Waals surface area (Å²) in [5.41, 5.74) is 2.17. The SMILES string of the molecule is CCCn1nccc1NC(=O)CN[C@H]1CCO[C@@H]1c1cnn(C)c1C. The van der Waals surface area contributed by atoms with Gasteiger partial charge in [-0.2, -0.15) is 10.2 Å². The van der Waals surface area contributed by atoms with E-state index < -0.39 is 0 Å². The Hall–Kier alpha value is -2.19. The molecule has 3 heterocycles. The van der Waals surface area contributed by atoms with E-state index in [1.165, 1.54) is 0 Å². The zero-order valence-electron chi connectivity index (χ0n) is 15.0. The lowest BCUT2D eigenvalue weighted by Gasteiger charge is -2.19. The number of ether oxygens (including phenoxy) is 1. The van der Waals surface area contributed by atoms with Gasteiger partial charge in [0.2, 0.25) is 5.91 Å². The molecule has 136 valence electrons. The normalized spacial score (nSPS) is 20.1. The Bertz CT molecular complexity index is 723. The number of amides is 1. The van der Waals surface area contributed by atoms with E-state index in [0.29, 0.717) is 6.61 Å². The first kappa shape index (κ1) is 17.6. The standard InChI is InChI=1S/C17H26N6O2/c1-4-8-23-15(5-7-19-23)21-16(24)11-18-14-6-9-25-17(14)13-10-20-22(3)12(13)2/h5,7,10,14,17-18H,4,6,8-9,11H2,1-3H3,(H,21,24)/t14-,17+/m0/s1. The highest BCUT2D eigenvalue weighted by atomic mass is 16.5. The molecule has 1 saturated heterocycles. The molecule has 0 radical (unpaired) electrons. The number of carbonyl (C=O) groups is 1. The molecule has 0 saturated carbocycles. The summed E-state index contributed by atoms with van der Waals surface area (Å²) in [6.45, 7) is 5.82. The van der Waals surface area contributed by atoms with Crippen molar-refractivity contribution in [2.24, 2.45) is 7.05 Å². The number of nitrogens with zero attached hydrogens (tertiary/aromatic N) is 4. The van der Waals surface area contributed by atoms with Crippen molar-refractivity contribution in [3.8, 4) is 0 Å². The highest BCUT2D eigenvalue weighted by molar-refractivity contribution is 5.91. The first-order valence-corrected chi connectivity index (χ1v) is 8.75. The highest BCUT2D eigenvalue weighted by Gasteiger charge is 2.32. The van der Waals surface area contributed by atoms with Gasteiger partial charge in [-0.05, 0) is 19.8 Å². The summed E-state index contributed by atoms with van der Waals surface area (Å²) in [5.74, 6) is 0.655. The zero-order valence-corrected chi connectivity index (χ0v) is 15.0. The molecular formula is C17H26N6O2. The molecule has 1 fully saturated rings. The molecule has 3 rings (SSSR count).